The van der Waals surface area contributed by atoms with E-state index in [1.807, 2.05) is 20.8 Å². The fourth-order valence-corrected chi connectivity index (χ4v) is 3.60. The minimum atomic E-state index is -0.484. The maximum Gasteiger partial charge on any atom is 0.417 e. The fraction of sp³-hybridized carbons (Fsp3) is 0.350. The second kappa shape index (κ2) is 7.91. The lowest BCUT2D eigenvalue weighted by atomic mass is 10.1. The molecule has 0 unspecified atom stereocenters. The molecular weight excluding hydrogens is 408 g/mol. The van der Waals surface area contributed by atoms with Gasteiger partial charge in [0.25, 0.3) is 5.56 Å². The summed E-state index contributed by atoms with van der Waals surface area (Å²) in [4.78, 5) is 41.6. The Morgan fingerprint density at radius 3 is 2.80 bits per heavy atom. The predicted molar refractivity (Wildman–Crippen MR) is 114 cm³/mol. The van der Waals surface area contributed by atoms with E-state index >= 15 is 0 Å². The van der Waals surface area contributed by atoms with E-state index in [1.165, 1.54) is 11.2 Å². The Balaban J connectivity index is 1.61. The van der Waals surface area contributed by atoms with Gasteiger partial charge < -0.3 is 15.0 Å². The number of carbonyl (C=O) groups excluding carboxylic acids is 1. The van der Waals surface area contributed by atoms with Crippen LogP contribution in [-0.2, 0) is 4.74 Å². The van der Waals surface area contributed by atoms with Crippen molar-refractivity contribution in [2.75, 3.05) is 16.8 Å². The van der Waals surface area contributed by atoms with E-state index in [2.05, 4.69) is 25.3 Å². The maximum atomic E-state index is 12.5. The Morgan fingerprint density at radius 1 is 1.23 bits per heavy atom. The second-order valence-corrected chi connectivity index (χ2v) is 7.96. The average molecular weight is 429 g/mol. The smallest absolute Gasteiger partial charge is 0.417 e. The van der Waals surface area contributed by atoms with Gasteiger partial charge in [-0.05, 0) is 37.1 Å². The van der Waals surface area contributed by atoms with Crippen LogP contribution in [0.25, 0.3) is 10.9 Å². The predicted octanol–water partition coefficient (Wildman–Crippen LogP) is 3.52. The largest absolute Gasteiger partial charge is 0.447 e. The highest BCUT2D eigenvalue weighted by atomic mass is 35.5. The van der Waals surface area contributed by atoms with Crippen LogP contribution in [0.2, 0.25) is 5.02 Å². The number of benzene rings is 1. The summed E-state index contributed by atoms with van der Waals surface area (Å²) in [6.07, 6.45) is 0.840. The first-order valence-electron chi connectivity index (χ1n) is 9.57. The molecule has 0 spiro atoms. The molecule has 4 rings (SSSR count). The highest BCUT2D eigenvalue weighted by Crippen LogP contribution is 2.25. The van der Waals surface area contributed by atoms with E-state index in [0.717, 1.165) is 5.39 Å². The molecule has 10 heteroatoms. The lowest BCUT2D eigenvalue weighted by molar-refractivity contribution is 0.177. The van der Waals surface area contributed by atoms with Crippen LogP contribution >= 0.6 is 11.6 Å². The molecule has 9 nitrogen and oxygen atoms in total. The molecule has 1 aliphatic heterocycles. The Kier molecular flexibility index (Phi) is 5.29. The molecule has 1 amide bonds. The van der Waals surface area contributed by atoms with Gasteiger partial charge in [-0.15, -0.1) is 0 Å². The van der Waals surface area contributed by atoms with Gasteiger partial charge in [-0.3, -0.25) is 4.79 Å². The first-order chi connectivity index (χ1) is 14.3. The molecule has 0 bridgehead atoms. The minimum absolute atomic E-state index is 0.154. The van der Waals surface area contributed by atoms with Crippen molar-refractivity contribution in [1.82, 2.24) is 19.9 Å². The summed E-state index contributed by atoms with van der Waals surface area (Å²) in [6.45, 7) is 6.11. The van der Waals surface area contributed by atoms with E-state index in [0.29, 0.717) is 16.1 Å². The van der Waals surface area contributed by atoms with Gasteiger partial charge in [0.15, 0.2) is 0 Å². The number of aromatic nitrogens is 4. The summed E-state index contributed by atoms with van der Waals surface area (Å²) in [7, 11) is 0. The number of ether oxygens (including phenoxy) is 1. The van der Waals surface area contributed by atoms with Crippen molar-refractivity contribution >= 4 is 40.5 Å². The zero-order valence-electron chi connectivity index (χ0n) is 16.7. The van der Waals surface area contributed by atoms with Crippen LogP contribution in [0.4, 0.5) is 16.7 Å². The van der Waals surface area contributed by atoms with Gasteiger partial charge in [0.05, 0.1) is 12.1 Å². The van der Waals surface area contributed by atoms with Crippen LogP contribution < -0.4 is 15.8 Å². The number of aromatic amines is 1. The third-order valence-electron chi connectivity index (χ3n) is 5.10. The van der Waals surface area contributed by atoms with Crippen LogP contribution in [-0.4, -0.2) is 38.7 Å². The number of H-pyrrole nitrogens is 1. The molecule has 1 saturated heterocycles. The van der Waals surface area contributed by atoms with Crippen LogP contribution in [0.1, 0.15) is 32.4 Å². The Hall–Kier alpha value is -3.20. The number of carbonyl (C=O) groups is 1. The molecule has 0 aliphatic carbocycles. The van der Waals surface area contributed by atoms with Gasteiger partial charge in [-0.1, -0.05) is 25.4 Å². The fourth-order valence-electron chi connectivity index (χ4n) is 3.42. The third kappa shape index (κ3) is 3.80. The molecule has 30 heavy (non-hydrogen) atoms. The van der Waals surface area contributed by atoms with Crippen molar-refractivity contribution in [2.45, 2.75) is 32.9 Å². The van der Waals surface area contributed by atoms with E-state index < -0.39 is 12.1 Å². The monoisotopic (exact) mass is 428 g/mol. The number of cyclic esters (lactones) is 1. The molecule has 2 aromatic heterocycles. The number of pyridine rings is 1. The summed E-state index contributed by atoms with van der Waals surface area (Å²) in [5, 5.41) is 4.51. The summed E-state index contributed by atoms with van der Waals surface area (Å²) in [5.74, 6) is 0.631. The van der Waals surface area contributed by atoms with Gasteiger partial charge in [0.2, 0.25) is 11.9 Å². The molecule has 1 fully saturated rings. The molecule has 156 valence electrons. The molecule has 1 aliphatic rings. The van der Waals surface area contributed by atoms with Crippen molar-refractivity contribution in [2.24, 2.45) is 5.92 Å². The molecule has 0 radical (unpaired) electrons. The number of hydrogen-bond donors (Lipinski definition) is 2. The van der Waals surface area contributed by atoms with E-state index in [1.54, 1.807) is 24.3 Å². The number of nitrogens with one attached hydrogen (secondary N) is 2. The number of halogens is 1. The summed E-state index contributed by atoms with van der Waals surface area (Å²) in [5.41, 5.74) is 0.990. The number of anilines is 2. The maximum absolute atomic E-state index is 12.5. The third-order valence-corrected chi connectivity index (χ3v) is 5.33. The summed E-state index contributed by atoms with van der Waals surface area (Å²) < 4.78 is 5.16. The van der Waals surface area contributed by atoms with Crippen LogP contribution in [0.5, 0.6) is 0 Å². The Bertz CT molecular complexity index is 1160. The van der Waals surface area contributed by atoms with E-state index in [-0.39, 0.29) is 36.0 Å². The van der Waals surface area contributed by atoms with Gasteiger partial charge in [-0.25, -0.2) is 19.7 Å². The van der Waals surface area contributed by atoms with E-state index in [4.69, 9.17) is 16.3 Å². The molecule has 1 aromatic carbocycles. The number of rotatable bonds is 5. The minimum Gasteiger partial charge on any atom is -0.447 e. The first-order valence-corrected chi connectivity index (χ1v) is 9.95. The zero-order chi connectivity index (χ0) is 21.4. The quantitative estimate of drug-likeness (QED) is 0.639. The summed E-state index contributed by atoms with van der Waals surface area (Å²) in [6, 6.07) is 6.50. The topological polar surface area (TPSA) is 113 Å². The highest BCUT2D eigenvalue weighted by molar-refractivity contribution is 6.31. The highest BCUT2D eigenvalue weighted by Gasteiger charge is 2.38. The molecular formula is C20H21ClN6O3. The van der Waals surface area contributed by atoms with Gasteiger partial charge in [-0.2, -0.15) is 4.98 Å². The number of fused-ring (bicyclic) bond motifs is 1. The van der Waals surface area contributed by atoms with Crippen molar-refractivity contribution in [3.63, 3.8) is 0 Å². The summed E-state index contributed by atoms with van der Waals surface area (Å²) >= 11 is 6.07. The number of amides is 1. The number of hydrogen-bond acceptors (Lipinski definition) is 7. The van der Waals surface area contributed by atoms with Crippen molar-refractivity contribution in [3.8, 4) is 0 Å². The lowest BCUT2D eigenvalue weighted by Gasteiger charge is -2.22. The van der Waals surface area contributed by atoms with Crippen LogP contribution in [0.3, 0.4) is 0 Å². The van der Waals surface area contributed by atoms with Crippen molar-refractivity contribution < 1.29 is 9.53 Å². The van der Waals surface area contributed by atoms with Crippen LogP contribution in [0.15, 0.2) is 35.4 Å². The SMILES string of the molecule is CC(C)[C@H]1COC(=O)N1c1ncnc(N[C@@H](C)c2cc3cc(Cl)ccc3[nH]c2=O)n1. The number of nitrogens with zero attached hydrogens (tertiary/aromatic N) is 4. The Labute approximate surface area is 177 Å². The van der Waals surface area contributed by atoms with Crippen LogP contribution in [0, 0.1) is 5.92 Å². The normalized spacial score (nSPS) is 17.4. The second-order valence-electron chi connectivity index (χ2n) is 7.52. The van der Waals surface area contributed by atoms with Crippen molar-refractivity contribution in [1.29, 1.82) is 0 Å². The Morgan fingerprint density at radius 2 is 2.03 bits per heavy atom. The first kappa shape index (κ1) is 20.1. The molecule has 3 aromatic rings. The van der Waals surface area contributed by atoms with Gasteiger partial charge in [0, 0.05) is 21.5 Å². The standard InChI is InChI=1S/C20H21ClN6O3/c1-10(2)16-8-30-20(29)27(16)19-23-9-22-18(26-19)24-11(3)14-7-12-6-13(21)4-5-15(12)25-17(14)28/h4-7,9-11,16H,8H2,1-3H3,(H,25,28)(H,22,23,24,26)/t11-,16+/m0/s1. The molecule has 2 atom stereocenters. The molecule has 2 N–H and O–H groups in total. The van der Waals surface area contributed by atoms with Gasteiger partial charge >= 0.3 is 6.09 Å². The zero-order valence-corrected chi connectivity index (χ0v) is 17.5. The molecule has 3 heterocycles. The van der Waals surface area contributed by atoms with Gasteiger partial charge in [0.1, 0.15) is 12.9 Å². The average Bonchev–Trinajstić information content (AvgIpc) is 3.09. The van der Waals surface area contributed by atoms with E-state index in [9.17, 15) is 9.59 Å². The lowest BCUT2D eigenvalue weighted by Crippen LogP contribution is -2.38. The van der Waals surface area contributed by atoms with Crippen molar-refractivity contribution in [3.05, 3.63) is 51.5 Å². The molecule has 0 saturated carbocycles.